The molecular weight excluding hydrogens is 206 g/mol. The smallest absolute Gasteiger partial charge is 0.0951 e. The van der Waals surface area contributed by atoms with Crippen LogP contribution in [-0.4, -0.2) is 21.1 Å². The highest BCUT2D eigenvalue weighted by molar-refractivity contribution is 7.99. The first-order chi connectivity index (χ1) is 7.35. The summed E-state index contributed by atoms with van der Waals surface area (Å²) in [6, 6.07) is 0.622. The maximum atomic E-state index is 5.70. The van der Waals surface area contributed by atoms with E-state index in [0.717, 1.165) is 5.25 Å². The predicted molar refractivity (Wildman–Crippen MR) is 64.9 cm³/mol. The van der Waals surface area contributed by atoms with E-state index in [4.69, 9.17) is 5.73 Å². The second-order valence-corrected chi connectivity index (χ2v) is 5.31. The molecule has 15 heavy (non-hydrogen) atoms. The van der Waals surface area contributed by atoms with Crippen LogP contribution in [0.1, 0.15) is 37.4 Å². The molecule has 2 atom stereocenters. The summed E-state index contributed by atoms with van der Waals surface area (Å²) >= 11 is 2.00. The first-order valence-corrected chi connectivity index (χ1v) is 6.87. The van der Waals surface area contributed by atoms with Gasteiger partial charge in [-0.05, 0) is 25.5 Å². The van der Waals surface area contributed by atoms with Crippen molar-refractivity contribution in [1.82, 2.24) is 9.55 Å². The molecule has 0 bridgehead atoms. The highest BCUT2D eigenvalue weighted by atomic mass is 32.2. The molecule has 1 heterocycles. The quantitative estimate of drug-likeness (QED) is 0.857. The lowest BCUT2D eigenvalue weighted by Gasteiger charge is -2.29. The lowest BCUT2D eigenvalue weighted by Crippen LogP contribution is -2.22. The van der Waals surface area contributed by atoms with E-state index in [1.54, 1.807) is 0 Å². The third-order valence-electron chi connectivity index (χ3n) is 3.28. The molecule has 2 N–H and O–H groups in total. The molecule has 0 aliphatic heterocycles. The second-order valence-electron chi connectivity index (χ2n) is 4.17. The topological polar surface area (TPSA) is 43.8 Å². The van der Waals surface area contributed by atoms with Gasteiger partial charge in [-0.25, -0.2) is 4.98 Å². The molecule has 1 aromatic rings. The molecule has 84 valence electrons. The maximum absolute atomic E-state index is 5.70. The summed E-state index contributed by atoms with van der Waals surface area (Å²) in [4.78, 5) is 4.20. The summed E-state index contributed by atoms with van der Waals surface area (Å²) in [6.07, 6.45) is 11.3. The molecule has 0 radical (unpaired) electrons. The standard InChI is InChI=1S/C11H19N3S/c1-15-11-4-2-3-9(5-11)14-8-13-7-10(14)6-12/h7-9,11H,2-6,12H2,1H3. The molecule has 4 heteroatoms. The molecular formula is C11H19N3S. The summed E-state index contributed by atoms with van der Waals surface area (Å²) in [5.74, 6) is 0. The second kappa shape index (κ2) is 5.03. The van der Waals surface area contributed by atoms with Crippen LogP contribution in [-0.2, 0) is 6.54 Å². The van der Waals surface area contributed by atoms with Crippen molar-refractivity contribution in [2.75, 3.05) is 6.26 Å². The van der Waals surface area contributed by atoms with Crippen molar-refractivity contribution in [1.29, 1.82) is 0 Å². The molecule has 0 aromatic carbocycles. The van der Waals surface area contributed by atoms with Gasteiger partial charge in [0.2, 0.25) is 0 Å². The Morgan fingerprint density at radius 1 is 1.60 bits per heavy atom. The van der Waals surface area contributed by atoms with Gasteiger partial charge in [0.1, 0.15) is 0 Å². The number of hydrogen-bond donors (Lipinski definition) is 1. The van der Waals surface area contributed by atoms with Crippen molar-refractivity contribution in [2.45, 2.75) is 43.5 Å². The number of aromatic nitrogens is 2. The predicted octanol–water partition coefficient (Wildman–Crippen LogP) is 2.19. The first kappa shape index (κ1) is 11.0. The highest BCUT2D eigenvalue weighted by Crippen LogP contribution is 2.34. The summed E-state index contributed by atoms with van der Waals surface area (Å²) < 4.78 is 2.28. The Bertz CT molecular complexity index is 311. The average Bonchev–Trinajstić information content (AvgIpc) is 2.77. The number of thioether (sulfide) groups is 1. The lowest BCUT2D eigenvalue weighted by molar-refractivity contribution is 0.354. The molecule has 1 aliphatic carbocycles. The molecule has 1 saturated carbocycles. The Balaban J connectivity index is 2.09. The van der Waals surface area contributed by atoms with E-state index in [2.05, 4.69) is 15.8 Å². The van der Waals surface area contributed by atoms with Crippen molar-refractivity contribution in [3.63, 3.8) is 0 Å². The van der Waals surface area contributed by atoms with E-state index >= 15 is 0 Å². The minimum absolute atomic E-state index is 0.598. The van der Waals surface area contributed by atoms with Crippen LogP contribution in [0, 0.1) is 0 Å². The maximum Gasteiger partial charge on any atom is 0.0951 e. The monoisotopic (exact) mass is 225 g/mol. The Hall–Kier alpha value is -0.480. The fourth-order valence-corrected chi connectivity index (χ4v) is 3.22. The van der Waals surface area contributed by atoms with Crippen LogP contribution in [0.5, 0.6) is 0 Å². The minimum Gasteiger partial charge on any atom is -0.330 e. The van der Waals surface area contributed by atoms with Gasteiger partial charge >= 0.3 is 0 Å². The summed E-state index contributed by atoms with van der Waals surface area (Å²) in [5.41, 5.74) is 6.87. The lowest BCUT2D eigenvalue weighted by atomic mass is 9.94. The Morgan fingerprint density at radius 2 is 2.47 bits per heavy atom. The summed E-state index contributed by atoms with van der Waals surface area (Å²) in [7, 11) is 0. The molecule has 0 saturated heterocycles. The zero-order valence-electron chi connectivity index (χ0n) is 9.22. The largest absolute Gasteiger partial charge is 0.330 e. The molecule has 3 nitrogen and oxygen atoms in total. The molecule has 2 unspecified atom stereocenters. The number of nitrogens with zero attached hydrogens (tertiary/aromatic N) is 2. The highest BCUT2D eigenvalue weighted by Gasteiger charge is 2.23. The molecule has 0 amide bonds. The van der Waals surface area contributed by atoms with E-state index in [1.807, 2.05) is 24.3 Å². The fourth-order valence-electron chi connectivity index (χ4n) is 2.41. The number of hydrogen-bond acceptors (Lipinski definition) is 3. The van der Waals surface area contributed by atoms with Crippen molar-refractivity contribution >= 4 is 11.8 Å². The number of rotatable bonds is 3. The van der Waals surface area contributed by atoms with E-state index in [-0.39, 0.29) is 0 Å². The van der Waals surface area contributed by atoms with Gasteiger partial charge in [-0.1, -0.05) is 6.42 Å². The zero-order chi connectivity index (χ0) is 10.7. The van der Waals surface area contributed by atoms with Crippen LogP contribution in [0.4, 0.5) is 0 Å². The third-order valence-corrected chi connectivity index (χ3v) is 4.38. The Labute approximate surface area is 95.4 Å². The number of imidazole rings is 1. The van der Waals surface area contributed by atoms with Crippen LogP contribution in [0.2, 0.25) is 0 Å². The third kappa shape index (κ3) is 2.37. The SMILES string of the molecule is CSC1CCCC(n2cncc2CN)C1. The van der Waals surface area contributed by atoms with Crippen molar-refractivity contribution in [3.8, 4) is 0 Å². The van der Waals surface area contributed by atoms with Crippen LogP contribution >= 0.6 is 11.8 Å². The fraction of sp³-hybridized carbons (Fsp3) is 0.727. The van der Waals surface area contributed by atoms with Crippen molar-refractivity contribution in [2.24, 2.45) is 5.73 Å². The van der Waals surface area contributed by atoms with Gasteiger partial charge in [0.15, 0.2) is 0 Å². The van der Waals surface area contributed by atoms with E-state index in [0.29, 0.717) is 12.6 Å². The van der Waals surface area contributed by atoms with Crippen LogP contribution in [0.3, 0.4) is 0 Å². The Kier molecular flexibility index (Phi) is 3.70. The molecule has 0 spiro atoms. The molecule has 1 fully saturated rings. The number of nitrogens with two attached hydrogens (primary N) is 1. The molecule has 2 rings (SSSR count). The van der Waals surface area contributed by atoms with Gasteiger partial charge in [-0.15, -0.1) is 0 Å². The first-order valence-electron chi connectivity index (χ1n) is 5.58. The van der Waals surface area contributed by atoms with Crippen LogP contribution in [0.25, 0.3) is 0 Å². The van der Waals surface area contributed by atoms with E-state index < -0.39 is 0 Å². The normalized spacial score (nSPS) is 26.8. The summed E-state index contributed by atoms with van der Waals surface area (Å²) in [6.45, 7) is 0.598. The van der Waals surface area contributed by atoms with E-state index in [1.165, 1.54) is 31.4 Å². The van der Waals surface area contributed by atoms with Crippen molar-refractivity contribution < 1.29 is 0 Å². The van der Waals surface area contributed by atoms with Crippen molar-refractivity contribution in [3.05, 3.63) is 18.2 Å². The minimum atomic E-state index is 0.598. The molecule has 1 aliphatic rings. The van der Waals surface area contributed by atoms with Crippen LogP contribution in [0.15, 0.2) is 12.5 Å². The van der Waals surface area contributed by atoms with Gasteiger partial charge in [0.05, 0.1) is 12.0 Å². The average molecular weight is 225 g/mol. The van der Waals surface area contributed by atoms with E-state index in [9.17, 15) is 0 Å². The van der Waals surface area contributed by atoms with Gasteiger partial charge in [0, 0.05) is 24.0 Å². The Morgan fingerprint density at radius 3 is 3.20 bits per heavy atom. The van der Waals surface area contributed by atoms with Gasteiger partial charge in [-0.2, -0.15) is 11.8 Å². The van der Waals surface area contributed by atoms with Gasteiger partial charge < -0.3 is 10.3 Å². The van der Waals surface area contributed by atoms with Gasteiger partial charge in [0.25, 0.3) is 0 Å². The molecule has 1 aromatic heterocycles. The zero-order valence-corrected chi connectivity index (χ0v) is 10.0. The summed E-state index contributed by atoms with van der Waals surface area (Å²) in [5, 5.41) is 0.816. The van der Waals surface area contributed by atoms with Gasteiger partial charge in [-0.3, -0.25) is 0 Å². The van der Waals surface area contributed by atoms with Crippen LogP contribution < -0.4 is 5.73 Å².